The molecule has 0 bridgehead atoms. The van der Waals surface area contributed by atoms with Crippen LogP contribution in [0.5, 0.6) is 0 Å². The Morgan fingerprint density at radius 3 is 2.94 bits per heavy atom. The standard InChI is InChI=1S/C14H15BrO3/c1-2-3-7-18-14(17)11-8-10-9(13(11)16)5-4-6-12(10)15/h4-6,11H,2-3,7-8H2,1H3. The van der Waals surface area contributed by atoms with Crippen LogP contribution in [0.15, 0.2) is 22.7 Å². The zero-order chi connectivity index (χ0) is 13.1. The molecule has 2 rings (SSSR count). The molecule has 0 radical (unpaired) electrons. The molecule has 0 fully saturated rings. The Balaban J connectivity index is 2.09. The molecular weight excluding hydrogens is 296 g/mol. The van der Waals surface area contributed by atoms with Crippen molar-refractivity contribution >= 4 is 27.7 Å². The number of benzene rings is 1. The lowest BCUT2D eigenvalue weighted by atomic mass is 10.1. The van der Waals surface area contributed by atoms with Crippen molar-refractivity contribution in [2.75, 3.05) is 6.61 Å². The molecule has 0 heterocycles. The summed E-state index contributed by atoms with van der Waals surface area (Å²) in [5, 5.41) is 0. The van der Waals surface area contributed by atoms with E-state index in [1.54, 1.807) is 6.07 Å². The lowest BCUT2D eigenvalue weighted by Crippen LogP contribution is -2.23. The number of esters is 1. The fourth-order valence-electron chi connectivity index (χ4n) is 2.09. The van der Waals surface area contributed by atoms with E-state index in [-0.39, 0.29) is 5.78 Å². The van der Waals surface area contributed by atoms with E-state index in [2.05, 4.69) is 15.9 Å². The van der Waals surface area contributed by atoms with Gasteiger partial charge in [-0.2, -0.15) is 0 Å². The topological polar surface area (TPSA) is 43.4 Å². The van der Waals surface area contributed by atoms with Crippen LogP contribution in [0, 0.1) is 5.92 Å². The van der Waals surface area contributed by atoms with Gasteiger partial charge in [0.1, 0.15) is 5.92 Å². The number of rotatable bonds is 4. The third-order valence-corrected chi connectivity index (χ3v) is 3.88. The van der Waals surface area contributed by atoms with Gasteiger partial charge in [0.15, 0.2) is 5.78 Å². The molecule has 18 heavy (non-hydrogen) atoms. The van der Waals surface area contributed by atoms with Crippen LogP contribution in [0.2, 0.25) is 0 Å². The quantitative estimate of drug-likeness (QED) is 0.487. The molecule has 3 nitrogen and oxygen atoms in total. The first kappa shape index (κ1) is 13.3. The Morgan fingerprint density at radius 1 is 1.50 bits per heavy atom. The first-order valence-electron chi connectivity index (χ1n) is 6.13. The second-order valence-corrected chi connectivity index (χ2v) is 5.26. The third kappa shape index (κ3) is 2.48. The Bertz CT molecular complexity index is 482. The number of carbonyl (C=O) groups excluding carboxylic acids is 2. The van der Waals surface area contributed by atoms with Gasteiger partial charge in [-0.1, -0.05) is 41.4 Å². The maximum absolute atomic E-state index is 12.1. The predicted molar refractivity (Wildman–Crippen MR) is 71.5 cm³/mol. The minimum absolute atomic E-state index is 0.118. The van der Waals surface area contributed by atoms with Gasteiger partial charge in [-0.25, -0.2) is 0 Å². The fourth-order valence-corrected chi connectivity index (χ4v) is 2.62. The fraction of sp³-hybridized carbons (Fsp3) is 0.429. The average Bonchev–Trinajstić information content (AvgIpc) is 2.69. The molecule has 0 N–H and O–H groups in total. The number of ether oxygens (including phenoxy) is 1. The van der Waals surface area contributed by atoms with E-state index in [1.165, 1.54) is 0 Å². The van der Waals surface area contributed by atoms with Crippen LogP contribution in [-0.2, 0) is 16.0 Å². The van der Waals surface area contributed by atoms with Crippen molar-refractivity contribution in [1.29, 1.82) is 0 Å². The molecule has 96 valence electrons. The van der Waals surface area contributed by atoms with Gasteiger partial charge in [-0.15, -0.1) is 0 Å². The summed E-state index contributed by atoms with van der Waals surface area (Å²) in [6.07, 6.45) is 2.25. The highest BCUT2D eigenvalue weighted by molar-refractivity contribution is 9.10. The zero-order valence-electron chi connectivity index (χ0n) is 10.2. The van der Waals surface area contributed by atoms with E-state index in [9.17, 15) is 9.59 Å². The summed E-state index contributed by atoms with van der Waals surface area (Å²) in [6, 6.07) is 5.46. The second-order valence-electron chi connectivity index (χ2n) is 4.41. The van der Waals surface area contributed by atoms with Gasteiger partial charge in [0.05, 0.1) is 6.61 Å². The highest BCUT2D eigenvalue weighted by atomic mass is 79.9. The van der Waals surface area contributed by atoms with Crippen molar-refractivity contribution in [3.05, 3.63) is 33.8 Å². The molecule has 0 spiro atoms. The maximum atomic E-state index is 12.1. The van der Waals surface area contributed by atoms with Crippen molar-refractivity contribution in [3.63, 3.8) is 0 Å². The van der Waals surface area contributed by atoms with Gasteiger partial charge in [-0.05, 0) is 24.5 Å². The molecule has 1 aromatic rings. The Hall–Kier alpha value is -1.16. The molecule has 0 aliphatic heterocycles. The summed E-state index contributed by atoms with van der Waals surface area (Å²) in [5.41, 5.74) is 1.56. The van der Waals surface area contributed by atoms with Crippen molar-refractivity contribution < 1.29 is 14.3 Å². The molecule has 0 aromatic heterocycles. The van der Waals surface area contributed by atoms with E-state index in [4.69, 9.17) is 4.74 Å². The molecule has 0 saturated carbocycles. The minimum atomic E-state index is -0.657. The lowest BCUT2D eigenvalue weighted by molar-refractivity contribution is -0.146. The van der Waals surface area contributed by atoms with Crippen LogP contribution in [-0.4, -0.2) is 18.4 Å². The second kappa shape index (κ2) is 5.65. The van der Waals surface area contributed by atoms with Gasteiger partial charge in [0.25, 0.3) is 0 Å². The molecule has 0 amide bonds. The number of fused-ring (bicyclic) bond motifs is 1. The van der Waals surface area contributed by atoms with Crippen molar-refractivity contribution in [2.45, 2.75) is 26.2 Å². The number of carbonyl (C=O) groups is 2. The summed E-state index contributed by atoms with van der Waals surface area (Å²) in [5.74, 6) is -1.17. The molecule has 1 aliphatic rings. The number of unbranched alkanes of at least 4 members (excludes halogenated alkanes) is 1. The molecule has 1 unspecified atom stereocenters. The summed E-state index contributed by atoms with van der Waals surface area (Å²) in [4.78, 5) is 24.0. The van der Waals surface area contributed by atoms with Crippen LogP contribution in [0.1, 0.15) is 35.7 Å². The summed E-state index contributed by atoms with van der Waals surface area (Å²) >= 11 is 3.41. The van der Waals surface area contributed by atoms with Gasteiger partial charge in [0.2, 0.25) is 0 Å². The molecular formula is C14H15BrO3. The highest BCUT2D eigenvalue weighted by Crippen LogP contribution is 2.32. The summed E-state index contributed by atoms with van der Waals surface area (Å²) < 4.78 is 6.02. The molecule has 1 aliphatic carbocycles. The number of hydrogen-bond acceptors (Lipinski definition) is 3. The van der Waals surface area contributed by atoms with E-state index < -0.39 is 11.9 Å². The van der Waals surface area contributed by atoms with Gasteiger partial charge in [0, 0.05) is 10.0 Å². The molecule has 1 aromatic carbocycles. The smallest absolute Gasteiger partial charge is 0.317 e. The largest absolute Gasteiger partial charge is 0.465 e. The molecule has 4 heteroatoms. The van der Waals surface area contributed by atoms with Crippen molar-refractivity contribution in [3.8, 4) is 0 Å². The average molecular weight is 311 g/mol. The van der Waals surface area contributed by atoms with Crippen molar-refractivity contribution in [1.82, 2.24) is 0 Å². The van der Waals surface area contributed by atoms with Gasteiger partial charge < -0.3 is 4.74 Å². The molecule has 1 atom stereocenters. The van der Waals surface area contributed by atoms with E-state index in [1.807, 2.05) is 19.1 Å². The van der Waals surface area contributed by atoms with Gasteiger partial charge >= 0.3 is 5.97 Å². The third-order valence-electron chi connectivity index (χ3n) is 3.14. The summed E-state index contributed by atoms with van der Waals surface area (Å²) in [6.45, 7) is 2.43. The monoisotopic (exact) mass is 310 g/mol. The van der Waals surface area contributed by atoms with E-state index in [0.29, 0.717) is 18.6 Å². The van der Waals surface area contributed by atoms with Crippen molar-refractivity contribution in [2.24, 2.45) is 5.92 Å². The van der Waals surface area contributed by atoms with Crippen LogP contribution in [0.4, 0.5) is 0 Å². The predicted octanol–water partition coefficient (Wildman–Crippen LogP) is 3.15. The Morgan fingerprint density at radius 2 is 2.28 bits per heavy atom. The van der Waals surface area contributed by atoms with Crippen LogP contribution in [0.3, 0.4) is 0 Å². The van der Waals surface area contributed by atoms with E-state index >= 15 is 0 Å². The first-order valence-corrected chi connectivity index (χ1v) is 6.92. The zero-order valence-corrected chi connectivity index (χ0v) is 11.8. The van der Waals surface area contributed by atoms with Crippen LogP contribution < -0.4 is 0 Å². The van der Waals surface area contributed by atoms with Crippen LogP contribution in [0.25, 0.3) is 0 Å². The van der Waals surface area contributed by atoms with Gasteiger partial charge in [-0.3, -0.25) is 9.59 Å². The first-order chi connectivity index (χ1) is 8.65. The number of halogens is 1. The highest BCUT2D eigenvalue weighted by Gasteiger charge is 2.37. The number of Topliss-reactive ketones (excluding diaryl/α,β-unsaturated/α-hetero) is 1. The number of hydrogen-bond donors (Lipinski definition) is 0. The Labute approximate surface area is 115 Å². The summed E-state index contributed by atoms with van der Waals surface area (Å²) in [7, 11) is 0. The minimum Gasteiger partial charge on any atom is -0.465 e. The molecule has 0 saturated heterocycles. The van der Waals surface area contributed by atoms with Crippen LogP contribution >= 0.6 is 15.9 Å². The lowest BCUT2D eigenvalue weighted by Gasteiger charge is -2.08. The Kier molecular flexibility index (Phi) is 4.17. The SMILES string of the molecule is CCCCOC(=O)C1Cc2c(Br)cccc2C1=O. The van der Waals surface area contributed by atoms with E-state index in [0.717, 1.165) is 22.9 Å². The normalized spacial score (nSPS) is 17.7. The maximum Gasteiger partial charge on any atom is 0.317 e. The number of ketones is 1.